The minimum absolute atomic E-state index is 0.0626. The van der Waals surface area contributed by atoms with Crippen molar-refractivity contribution in [2.75, 3.05) is 46.4 Å². The summed E-state index contributed by atoms with van der Waals surface area (Å²) < 4.78 is 24.5. The first-order valence-electron chi connectivity index (χ1n) is 13.4. The summed E-state index contributed by atoms with van der Waals surface area (Å²) >= 11 is 6.16. The Labute approximate surface area is 228 Å². The van der Waals surface area contributed by atoms with Gasteiger partial charge in [-0.1, -0.05) is 23.7 Å². The Balaban J connectivity index is 1.40. The first kappa shape index (κ1) is 27.1. The molecule has 2 atom stereocenters. The molecule has 2 aromatic carbocycles. The third-order valence-electron chi connectivity index (χ3n) is 8.52. The molecule has 5 rings (SSSR count). The predicted molar refractivity (Wildman–Crippen MR) is 143 cm³/mol. The first-order valence-corrected chi connectivity index (χ1v) is 13.8. The molecule has 2 aromatic rings. The van der Waals surface area contributed by atoms with Crippen LogP contribution in [0.25, 0.3) is 0 Å². The van der Waals surface area contributed by atoms with Gasteiger partial charge in [0.25, 0.3) is 0 Å². The van der Waals surface area contributed by atoms with Crippen molar-refractivity contribution < 1.29 is 23.5 Å². The van der Waals surface area contributed by atoms with Crippen molar-refractivity contribution in [1.29, 1.82) is 0 Å². The molecule has 0 spiro atoms. The van der Waals surface area contributed by atoms with E-state index in [1.54, 1.807) is 7.05 Å². The van der Waals surface area contributed by atoms with E-state index in [1.807, 2.05) is 24.3 Å². The number of Topliss-reactive ketones (excluding diaryl/α,β-unsaturated/α-hetero) is 1. The number of rotatable bonds is 6. The number of amides is 1. The Kier molecular flexibility index (Phi) is 8.33. The first-order chi connectivity index (χ1) is 18.4. The second-order valence-corrected chi connectivity index (χ2v) is 11.0. The molecule has 0 aromatic heterocycles. The fourth-order valence-electron chi connectivity index (χ4n) is 6.33. The van der Waals surface area contributed by atoms with Gasteiger partial charge in [0.2, 0.25) is 0 Å². The second kappa shape index (κ2) is 11.7. The van der Waals surface area contributed by atoms with Gasteiger partial charge in [0.15, 0.2) is 5.78 Å². The van der Waals surface area contributed by atoms with Crippen LogP contribution in [0.2, 0.25) is 5.02 Å². The van der Waals surface area contributed by atoms with Gasteiger partial charge in [-0.3, -0.25) is 9.69 Å². The largest absolute Gasteiger partial charge is 0.415 e. The highest BCUT2D eigenvalue weighted by atomic mass is 35.5. The maximum absolute atomic E-state index is 14.5. The summed E-state index contributed by atoms with van der Waals surface area (Å²) in [4.78, 5) is 31.9. The minimum atomic E-state index is -1.13. The fraction of sp³-hybridized carbons (Fsp3) is 0.517. The van der Waals surface area contributed by atoms with E-state index in [-0.39, 0.29) is 23.4 Å². The molecule has 0 unspecified atom stereocenters. The Morgan fingerprint density at radius 2 is 1.71 bits per heavy atom. The number of carbonyl (C=O) groups excluding carboxylic acids is 2. The number of carbonyl (C=O) groups is 2. The van der Waals surface area contributed by atoms with Crippen LogP contribution in [0, 0.1) is 11.7 Å². The lowest BCUT2D eigenvalue weighted by Gasteiger charge is -2.45. The number of halogens is 2. The van der Waals surface area contributed by atoms with Crippen LogP contribution in [-0.2, 0) is 9.53 Å². The maximum atomic E-state index is 14.5. The van der Waals surface area contributed by atoms with Crippen molar-refractivity contribution in [1.82, 2.24) is 15.1 Å². The highest BCUT2D eigenvalue weighted by molar-refractivity contribution is 6.30. The van der Waals surface area contributed by atoms with Gasteiger partial charge < -0.3 is 19.7 Å². The molecule has 0 aliphatic carbocycles. The number of hydrogen-bond acceptors (Lipinski definition) is 6. The minimum Gasteiger partial charge on any atom is -0.410 e. The van der Waals surface area contributed by atoms with Crippen LogP contribution in [0.3, 0.4) is 0 Å². The molecule has 9 heteroatoms. The van der Waals surface area contributed by atoms with Crippen molar-refractivity contribution in [3.05, 3.63) is 64.9 Å². The Morgan fingerprint density at radius 1 is 1.05 bits per heavy atom. The van der Waals surface area contributed by atoms with Crippen LogP contribution in [0.4, 0.5) is 9.18 Å². The van der Waals surface area contributed by atoms with Crippen LogP contribution < -0.4 is 10.1 Å². The van der Waals surface area contributed by atoms with Gasteiger partial charge in [-0.25, -0.2) is 9.18 Å². The van der Waals surface area contributed by atoms with E-state index < -0.39 is 17.4 Å². The van der Waals surface area contributed by atoms with Gasteiger partial charge in [0.1, 0.15) is 17.1 Å². The number of likely N-dealkylation sites (N-methyl/N-ethyl adjacent to an activating group) is 1. The van der Waals surface area contributed by atoms with Crippen LogP contribution in [0.5, 0.6) is 5.75 Å². The van der Waals surface area contributed by atoms with E-state index in [9.17, 15) is 14.0 Å². The van der Waals surface area contributed by atoms with E-state index in [2.05, 4.69) is 10.2 Å². The molecule has 1 amide bonds. The molecule has 3 aliphatic heterocycles. The molecule has 0 saturated carbocycles. The summed E-state index contributed by atoms with van der Waals surface area (Å²) in [5.41, 5.74) is -0.190. The zero-order valence-corrected chi connectivity index (χ0v) is 22.5. The monoisotopic (exact) mass is 543 g/mol. The highest BCUT2D eigenvalue weighted by Gasteiger charge is 2.56. The average molecular weight is 544 g/mol. The number of likely N-dealkylation sites (tertiary alicyclic amines) is 1. The van der Waals surface area contributed by atoms with Gasteiger partial charge in [0.05, 0.1) is 0 Å². The lowest BCUT2D eigenvalue weighted by atomic mass is 9.72. The van der Waals surface area contributed by atoms with Crippen LogP contribution in [0.15, 0.2) is 48.5 Å². The molecular weight excluding hydrogens is 509 g/mol. The summed E-state index contributed by atoms with van der Waals surface area (Å²) in [6, 6.07) is 13.3. The third-order valence-corrected chi connectivity index (χ3v) is 8.77. The van der Waals surface area contributed by atoms with E-state index >= 15 is 0 Å². The summed E-state index contributed by atoms with van der Waals surface area (Å²) in [5, 5.41) is 4.00. The van der Waals surface area contributed by atoms with Crippen molar-refractivity contribution in [2.24, 2.45) is 5.92 Å². The zero-order chi connectivity index (χ0) is 26.7. The quantitative estimate of drug-likeness (QED) is 0.579. The Bertz CT molecular complexity index is 1120. The topological polar surface area (TPSA) is 71.1 Å². The van der Waals surface area contributed by atoms with E-state index in [1.165, 1.54) is 29.2 Å². The van der Waals surface area contributed by atoms with Crippen molar-refractivity contribution in [3.8, 4) is 5.75 Å². The van der Waals surface area contributed by atoms with E-state index in [0.29, 0.717) is 24.2 Å². The molecule has 7 nitrogen and oxygen atoms in total. The van der Waals surface area contributed by atoms with Gasteiger partial charge >= 0.3 is 6.09 Å². The van der Waals surface area contributed by atoms with Gasteiger partial charge in [0, 0.05) is 56.3 Å². The lowest BCUT2D eigenvalue weighted by molar-refractivity contribution is -0.135. The Hall–Kier alpha value is -2.52. The number of piperidine rings is 1. The number of nitrogens with zero attached hydrogens (tertiary/aromatic N) is 2. The second-order valence-electron chi connectivity index (χ2n) is 10.6. The van der Waals surface area contributed by atoms with Crippen molar-refractivity contribution in [2.45, 2.75) is 43.2 Å². The lowest BCUT2D eigenvalue weighted by Crippen LogP contribution is -2.62. The zero-order valence-electron chi connectivity index (χ0n) is 21.7. The standard InChI is InChI=1S/C29H35ClFN3O4/c1-33(28(36)38-25-8-6-23(31)7-9-25)29(19-32-18-26(29)20-2-4-22(30)5-3-20)27(35)21-10-14-34(15-11-21)24-12-16-37-17-13-24/h2-9,21,24,26,32H,10-19H2,1H3/t26-,29+/m0/s1. The fourth-order valence-corrected chi connectivity index (χ4v) is 6.46. The van der Waals surface area contributed by atoms with E-state index in [0.717, 1.165) is 57.6 Å². The average Bonchev–Trinajstić information content (AvgIpc) is 3.40. The summed E-state index contributed by atoms with van der Waals surface area (Å²) in [6.07, 6.45) is 2.93. The highest BCUT2D eigenvalue weighted by Crippen LogP contribution is 2.41. The van der Waals surface area contributed by atoms with Gasteiger partial charge in [-0.2, -0.15) is 0 Å². The molecule has 0 bridgehead atoms. The maximum Gasteiger partial charge on any atom is 0.415 e. The molecule has 3 heterocycles. The molecule has 3 fully saturated rings. The van der Waals surface area contributed by atoms with Crippen LogP contribution in [-0.4, -0.2) is 79.7 Å². The van der Waals surface area contributed by atoms with Crippen molar-refractivity contribution >= 4 is 23.5 Å². The molecule has 3 saturated heterocycles. The molecule has 1 N–H and O–H groups in total. The Morgan fingerprint density at radius 3 is 2.37 bits per heavy atom. The smallest absolute Gasteiger partial charge is 0.410 e. The van der Waals surface area contributed by atoms with Crippen molar-refractivity contribution in [3.63, 3.8) is 0 Å². The van der Waals surface area contributed by atoms with Gasteiger partial charge in [-0.15, -0.1) is 0 Å². The number of hydrogen-bond donors (Lipinski definition) is 1. The van der Waals surface area contributed by atoms with Gasteiger partial charge in [-0.05, 0) is 80.7 Å². The van der Waals surface area contributed by atoms with E-state index in [4.69, 9.17) is 21.1 Å². The molecule has 3 aliphatic rings. The molecule has 38 heavy (non-hydrogen) atoms. The third kappa shape index (κ3) is 5.45. The summed E-state index contributed by atoms with van der Waals surface area (Å²) in [7, 11) is 1.64. The molecule has 204 valence electrons. The number of nitrogens with one attached hydrogen (secondary N) is 1. The summed E-state index contributed by atoms with van der Waals surface area (Å²) in [5.74, 6) is -0.564. The molecule has 0 radical (unpaired) electrons. The molecular formula is C29H35ClFN3O4. The van der Waals surface area contributed by atoms with Crippen LogP contribution >= 0.6 is 11.6 Å². The summed E-state index contributed by atoms with van der Waals surface area (Å²) in [6.45, 7) is 4.18. The number of benzene rings is 2. The van der Waals surface area contributed by atoms with Crippen LogP contribution in [0.1, 0.15) is 37.2 Å². The number of ether oxygens (including phenoxy) is 2. The predicted octanol–water partition coefficient (Wildman–Crippen LogP) is 4.50. The SMILES string of the molecule is CN(C(=O)Oc1ccc(F)cc1)[C@]1(C(=O)C2CCN(C3CCOCC3)CC2)CNC[C@H]1c1ccc(Cl)cc1. The normalized spacial score (nSPS) is 25.3. The number of ketones is 1.